The fraction of sp³-hybridized carbons (Fsp3) is 0.647. The zero-order chi connectivity index (χ0) is 14.0. The lowest BCUT2D eigenvalue weighted by atomic mass is 9.85. The summed E-state index contributed by atoms with van der Waals surface area (Å²) in [5.41, 5.74) is 3.10. The molecule has 1 aliphatic heterocycles. The van der Waals surface area contributed by atoms with Crippen LogP contribution in [-0.2, 0) is 5.41 Å². The third-order valence-corrected chi connectivity index (χ3v) is 4.40. The van der Waals surface area contributed by atoms with E-state index >= 15 is 0 Å². The van der Waals surface area contributed by atoms with Crippen LogP contribution in [0.25, 0.3) is 0 Å². The van der Waals surface area contributed by atoms with Crippen LogP contribution in [0.3, 0.4) is 0 Å². The molecule has 19 heavy (non-hydrogen) atoms. The summed E-state index contributed by atoms with van der Waals surface area (Å²) in [5, 5.41) is 3.33. The Bertz CT molecular complexity index is 420. The molecule has 1 N–H and O–H groups in total. The van der Waals surface area contributed by atoms with E-state index in [1.165, 1.54) is 24.2 Å². The van der Waals surface area contributed by atoms with E-state index in [0.29, 0.717) is 6.04 Å². The number of nitrogens with one attached hydrogen (secondary N) is 1. The van der Waals surface area contributed by atoms with E-state index in [0.717, 1.165) is 12.5 Å². The Morgan fingerprint density at radius 1 is 1.26 bits per heavy atom. The third kappa shape index (κ3) is 2.94. The van der Waals surface area contributed by atoms with Crippen LogP contribution < -0.4 is 10.2 Å². The molecule has 2 heteroatoms. The van der Waals surface area contributed by atoms with Crippen molar-refractivity contribution in [3.63, 3.8) is 0 Å². The van der Waals surface area contributed by atoms with Crippen LogP contribution >= 0.6 is 0 Å². The maximum absolute atomic E-state index is 3.33. The highest BCUT2D eigenvalue weighted by molar-refractivity contribution is 5.57. The number of hydrogen-bond donors (Lipinski definition) is 1. The molecular formula is C17H28N2. The SMILES string of the molecule is CNCC1CCN(c2ccccc2C(C)(C)C)C1C. The largest absolute Gasteiger partial charge is 0.368 e. The quantitative estimate of drug-likeness (QED) is 0.896. The molecule has 1 aromatic carbocycles. The van der Waals surface area contributed by atoms with Gasteiger partial charge in [-0.2, -0.15) is 0 Å². The molecule has 2 atom stereocenters. The lowest BCUT2D eigenvalue weighted by Gasteiger charge is -2.32. The fourth-order valence-electron chi connectivity index (χ4n) is 3.24. The van der Waals surface area contributed by atoms with Gasteiger partial charge in [0.25, 0.3) is 0 Å². The van der Waals surface area contributed by atoms with Gasteiger partial charge in [-0.1, -0.05) is 39.0 Å². The van der Waals surface area contributed by atoms with E-state index in [9.17, 15) is 0 Å². The molecule has 1 aliphatic rings. The van der Waals surface area contributed by atoms with Gasteiger partial charge in [-0.05, 0) is 49.9 Å². The maximum atomic E-state index is 3.33. The summed E-state index contributed by atoms with van der Waals surface area (Å²) in [6.45, 7) is 11.6. The van der Waals surface area contributed by atoms with Crippen LogP contribution in [0.2, 0.25) is 0 Å². The van der Waals surface area contributed by atoms with Gasteiger partial charge in [-0.25, -0.2) is 0 Å². The van der Waals surface area contributed by atoms with Crippen molar-refractivity contribution in [1.29, 1.82) is 0 Å². The van der Waals surface area contributed by atoms with Gasteiger partial charge in [0.15, 0.2) is 0 Å². The Morgan fingerprint density at radius 2 is 1.95 bits per heavy atom. The lowest BCUT2D eigenvalue weighted by molar-refractivity contribution is 0.472. The molecule has 1 aromatic rings. The molecule has 0 bridgehead atoms. The predicted molar refractivity (Wildman–Crippen MR) is 84.0 cm³/mol. The molecule has 2 unspecified atom stereocenters. The molecule has 2 rings (SSSR count). The zero-order valence-electron chi connectivity index (χ0n) is 13.0. The topological polar surface area (TPSA) is 15.3 Å². The second-order valence-corrected chi connectivity index (χ2v) is 6.81. The first kappa shape index (κ1) is 14.4. The van der Waals surface area contributed by atoms with Gasteiger partial charge in [0.05, 0.1) is 0 Å². The Labute approximate surface area is 118 Å². The summed E-state index contributed by atoms with van der Waals surface area (Å²) in [4.78, 5) is 2.60. The summed E-state index contributed by atoms with van der Waals surface area (Å²) in [6.07, 6.45) is 1.29. The standard InChI is InChI=1S/C17H28N2/c1-13-14(12-18-5)10-11-19(13)16-9-7-6-8-15(16)17(2,3)4/h6-9,13-14,18H,10-12H2,1-5H3. The molecule has 0 amide bonds. The van der Waals surface area contributed by atoms with Crippen molar-refractivity contribution >= 4 is 5.69 Å². The highest BCUT2D eigenvalue weighted by Crippen LogP contribution is 2.36. The normalized spacial score (nSPS) is 23.9. The highest BCUT2D eigenvalue weighted by atomic mass is 15.2. The summed E-state index contributed by atoms with van der Waals surface area (Å²) < 4.78 is 0. The van der Waals surface area contributed by atoms with Crippen LogP contribution in [0, 0.1) is 5.92 Å². The zero-order valence-corrected chi connectivity index (χ0v) is 13.0. The van der Waals surface area contributed by atoms with E-state index in [-0.39, 0.29) is 5.41 Å². The number of anilines is 1. The van der Waals surface area contributed by atoms with Gasteiger partial charge in [0, 0.05) is 18.3 Å². The average molecular weight is 260 g/mol. The van der Waals surface area contributed by atoms with Crippen molar-refractivity contribution in [2.75, 3.05) is 25.0 Å². The van der Waals surface area contributed by atoms with Gasteiger partial charge >= 0.3 is 0 Å². The Morgan fingerprint density at radius 3 is 2.58 bits per heavy atom. The van der Waals surface area contributed by atoms with E-state index in [4.69, 9.17) is 0 Å². The molecule has 0 spiro atoms. The summed E-state index contributed by atoms with van der Waals surface area (Å²) in [6, 6.07) is 9.53. The first-order valence-corrected chi connectivity index (χ1v) is 7.46. The van der Waals surface area contributed by atoms with Gasteiger partial charge < -0.3 is 10.2 Å². The van der Waals surface area contributed by atoms with Crippen LogP contribution in [0.1, 0.15) is 39.7 Å². The van der Waals surface area contributed by atoms with Gasteiger partial charge in [0.1, 0.15) is 0 Å². The van der Waals surface area contributed by atoms with Crippen molar-refractivity contribution in [1.82, 2.24) is 5.32 Å². The molecule has 1 fully saturated rings. The number of para-hydroxylation sites is 1. The highest BCUT2D eigenvalue weighted by Gasteiger charge is 2.32. The second kappa shape index (κ2) is 5.54. The Kier molecular flexibility index (Phi) is 4.19. The van der Waals surface area contributed by atoms with E-state index in [1.54, 1.807) is 0 Å². The minimum Gasteiger partial charge on any atom is -0.368 e. The molecule has 106 valence electrons. The molecule has 0 saturated carbocycles. The van der Waals surface area contributed by atoms with Crippen LogP contribution in [0.5, 0.6) is 0 Å². The summed E-state index contributed by atoms with van der Waals surface area (Å²) in [7, 11) is 2.05. The number of benzene rings is 1. The molecular weight excluding hydrogens is 232 g/mol. The van der Waals surface area contributed by atoms with Crippen molar-refractivity contribution in [3.05, 3.63) is 29.8 Å². The van der Waals surface area contributed by atoms with Crippen molar-refractivity contribution in [2.24, 2.45) is 5.92 Å². The Hall–Kier alpha value is -1.02. The first-order valence-electron chi connectivity index (χ1n) is 7.46. The van der Waals surface area contributed by atoms with Crippen LogP contribution in [0.4, 0.5) is 5.69 Å². The monoisotopic (exact) mass is 260 g/mol. The van der Waals surface area contributed by atoms with Crippen LogP contribution in [0.15, 0.2) is 24.3 Å². The van der Waals surface area contributed by atoms with Crippen molar-refractivity contribution in [3.8, 4) is 0 Å². The summed E-state index contributed by atoms with van der Waals surface area (Å²) in [5.74, 6) is 0.762. The van der Waals surface area contributed by atoms with Gasteiger partial charge in [-0.15, -0.1) is 0 Å². The molecule has 0 aromatic heterocycles. The fourth-order valence-corrected chi connectivity index (χ4v) is 3.24. The van der Waals surface area contributed by atoms with E-state index in [1.807, 2.05) is 0 Å². The molecule has 0 aliphatic carbocycles. The predicted octanol–water partition coefficient (Wildman–Crippen LogP) is 3.42. The van der Waals surface area contributed by atoms with Gasteiger partial charge in [-0.3, -0.25) is 0 Å². The van der Waals surface area contributed by atoms with Crippen LogP contribution in [-0.4, -0.2) is 26.2 Å². The number of hydrogen-bond acceptors (Lipinski definition) is 2. The molecule has 0 radical (unpaired) electrons. The number of nitrogens with zero attached hydrogens (tertiary/aromatic N) is 1. The van der Waals surface area contributed by atoms with Gasteiger partial charge in [0.2, 0.25) is 0 Å². The molecule has 1 saturated heterocycles. The molecule has 2 nitrogen and oxygen atoms in total. The lowest BCUT2D eigenvalue weighted by Crippen LogP contribution is -2.35. The number of rotatable bonds is 3. The smallest absolute Gasteiger partial charge is 0.0406 e. The molecule has 1 heterocycles. The minimum absolute atomic E-state index is 0.206. The van der Waals surface area contributed by atoms with E-state index < -0.39 is 0 Å². The first-order chi connectivity index (χ1) is 8.95. The summed E-state index contributed by atoms with van der Waals surface area (Å²) >= 11 is 0. The maximum Gasteiger partial charge on any atom is 0.0406 e. The Balaban J connectivity index is 2.28. The second-order valence-electron chi connectivity index (χ2n) is 6.81. The third-order valence-electron chi connectivity index (χ3n) is 4.40. The van der Waals surface area contributed by atoms with Crippen molar-refractivity contribution < 1.29 is 0 Å². The average Bonchev–Trinajstić information content (AvgIpc) is 2.71. The minimum atomic E-state index is 0.206. The van der Waals surface area contributed by atoms with E-state index in [2.05, 4.69) is 69.2 Å². The van der Waals surface area contributed by atoms with Crippen molar-refractivity contribution in [2.45, 2.75) is 45.6 Å².